The monoisotopic (exact) mass is 543 g/mol. The lowest BCUT2D eigenvalue weighted by molar-refractivity contribution is -0.332. The lowest BCUT2D eigenvalue weighted by atomic mass is 10.1. The lowest BCUT2D eigenvalue weighted by Crippen LogP contribution is -2.56. The normalized spacial score (nSPS) is 14.3. The molecule has 0 bridgehead atoms. The summed E-state index contributed by atoms with van der Waals surface area (Å²) < 4.78 is 117. The first kappa shape index (κ1) is 22.4. The summed E-state index contributed by atoms with van der Waals surface area (Å²) in [6.45, 7) is 0. The minimum atomic E-state index is -6.63. The largest absolute Gasteiger partial charge is 0.606 e. The fourth-order valence-corrected chi connectivity index (χ4v) is 4.84. The SMILES string of the molecule is [O-][S+](c1cc(Br)[c]c(Br)c1-c1ccc(F)cc1)C(F)(F)C(F)(F)C(F)(F)F. The maximum atomic E-state index is 13.9. The Bertz CT molecular complexity index is 839. The van der Waals surface area contributed by atoms with Crippen LogP contribution in [0.25, 0.3) is 11.1 Å². The van der Waals surface area contributed by atoms with Gasteiger partial charge >= 0.3 is 17.4 Å². The van der Waals surface area contributed by atoms with Gasteiger partial charge in [-0.1, -0.05) is 12.1 Å². The summed E-state index contributed by atoms with van der Waals surface area (Å²) in [6, 6.07) is 7.11. The number of rotatable bonds is 4. The van der Waals surface area contributed by atoms with Gasteiger partial charge in [0.25, 0.3) is 0 Å². The zero-order valence-electron chi connectivity index (χ0n) is 12.5. The molecule has 0 aliphatic rings. The molecule has 2 rings (SSSR count). The Morgan fingerprint density at radius 2 is 1.44 bits per heavy atom. The van der Waals surface area contributed by atoms with Gasteiger partial charge in [0.1, 0.15) is 5.82 Å². The van der Waals surface area contributed by atoms with E-state index in [1.807, 2.05) is 0 Å². The number of hydrogen-bond donors (Lipinski definition) is 0. The van der Waals surface area contributed by atoms with E-state index >= 15 is 0 Å². The molecule has 1 nitrogen and oxygen atoms in total. The van der Waals surface area contributed by atoms with Crippen LogP contribution in [0.15, 0.2) is 44.2 Å². The van der Waals surface area contributed by atoms with E-state index in [4.69, 9.17) is 0 Å². The van der Waals surface area contributed by atoms with Crippen molar-refractivity contribution in [1.82, 2.24) is 0 Å². The first-order valence-electron chi connectivity index (χ1n) is 6.61. The highest BCUT2D eigenvalue weighted by molar-refractivity contribution is 9.11. The van der Waals surface area contributed by atoms with E-state index in [0.29, 0.717) is 6.07 Å². The second kappa shape index (κ2) is 7.53. The van der Waals surface area contributed by atoms with Gasteiger partial charge in [-0.25, -0.2) is 4.39 Å². The molecule has 0 fully saturated rings. The topological polar surface area (TPSA) is 23.1 Å². The van der Waals surface area contributed by atoms with Gasteiger partial charge in [0.05, 0.1) is 16.7 Å². The van der Waals surface area contributed by atoms with E-state index in [9.17, 15) is 39.7 Å². The number of hydrogen-bond acceptors (Lipinski definition) is 1. The van der Waals surface area contributed by atoms with Gasteiger partial charge in [0.15, 0.2) is 4.90 Å². The van der Waals surface area contributed by atoms with Crippen LogP contribution in [0.5, 0.6) is 0 Å². The Kier molecular flexibility index (Phi) is 6.25. The summed E-state index contributed by atoms with van der Waals surface area (Å²) in [5.41, 5.74) is -0.448. The molecule has 1 atom stereocenters. The Morgan fingerprint density at radius 1 is 0.926 bits per heavy atom. The third kappa shape index (κ3) is 4.13. The number of halogens is 10. The van der Waals surface area contributed by atoms with Crippen molar-refractivity contribution < 1.29 is 39.7 Å². The highest BCUT2D eigenvalue weighted by Crippen LogP contribution is 2.52. The van der Waals surface area contributed by atoms with Crippen molar-refractivity contribution in [3.8, 4) is 11.1 Å². The molecule has 27 heavy (non-hydrogen) atoms. The van der Waals surface area contributed by atoms with Gasteiger partial charge in [-0.15, -0.1) is 8.78 Å². The summed E-state index contributed by atoms with van der Waals surface area (Å²) in [6.07, 6.45) is -6.63. The fourth-order valence-electron chi connectivity index (χ4n) is 1.95. The molecule has 1 radical (unpaired) electrons. The molecule has 2 aromatic carbocycles. The molecule has 2 aromatic rings. The molecule has 0 saturated heterocycles. The van der Waals surface area contributed by atoms with Crippen LogP contribution in [0.1, 0.15) is 0 Å². The molecular weight excluding hydrogens is 540 g/mol. The van der Waals surface area contributed by atoms with Crippen LogP contribution in [0, 0.1) is 11.9 Å². The van der Waals surface area contributed by atoms with Crippen molar-refractivity contribution in [2.45, 2.75) is 22.2 Å². The van der Waals surface area contributed by atoms with Crippen LogP contribution < -0.4 is 0 Å². The average molecular weight is 545 g/mol. The van der Waals surface area contributed by atoms with Crippen molar-refractivity contribution in [3.05, 3.63) is 51.2 Å². The van der Waals surface area contributed by atoms with Crippen LogP contribution in [0.4, 0.5) is 35.1 Å². The third-order valence-electron chi connectivity index (χ3n) is 3.24. The van der Waals surface area contributed by atoms with Crippen molar-refractivity contribution in [3.63, 3.8) is 0 Å². The van der Waals surface area contributed by atoms with E-state index < -0.39 is 44.8 Å². The molecule has 0 spiro atoms. The molecule has 1 unspecified atom stereocenters. The summed E-state index contributed by atoms with van der Waals surface area (Å²) >= 11 is 1.61. The van der Waals surface area contributed by atoms with Gasteiger partial charge in [-0.05, 0) is 49.6 Å². The van der Waals surface area contributed by atoms with Crippen molar-refractivity contribution in [2.75, 3.05) is 0 Å². The van der Waals surface area contributed by atoms with Crippen molar-refractivity contribution in [2.24, 2.45) is 0 Å². The lowest BCUT2D eigenvalue weighted by Gasteiger charge is -2.29. The molecule has 0 N–H and O–H groups in total. The van der Waals surface area contributed by atoms with Crippen LogP contribution in [-0.2, 0) is 11.2 Å². The highest BCUT2D eigenvalue weighted by atomic mass is 79.9. The molecule has 0 amide bonds. The molecule has 12 heteroatoms. The van der Waals surface area contributed by atoms with E-state index in [1.165, 1.54) is 0 Å². The Hall–Kier alpha value is -0.850. The molecular formula is C15H5Br2F8OS. The van der Waals surface area contributed by atoms with E-state index in [2.05, 4.69) is 37.9 Å². The maximum Gasteiger partial charge on any atom is 0.486 e. The maximum absolute atomic E-state index is 13.9. The summed E-state index contributed by atoms with van der Waals surface area (Å²) in [5, 5.41) is -5.97. The standard InChI is InChI=1S/C15H5Br2F8OS/c16-8-5-10(17)12(7-1-3-9(18)4-2-7)11(6-8)27(26)15(24,25)13(19,20)14(21,22)23/h1-4,6H. The Balaban J connectivity index is 2.69. The van der Waals surface area contributed by atoms with E-state index in [0.717, 1.165) is 24.3 Å². The van der Waals surface area contributed by atoms with Crippen LogP contribution in [0.3, 0.4) is 0 Å². The minimum absolute atomic E-state index is 0.0542. The first-order chi connectivity index (χ1) is 12.2. The highest BCUT2D eigenvalue weighted by Gasteiger charge is 2.80. The molecule has 0 aliphatic heterocycles. The van der Waals surface area contributed by atoms with Crippen molar-refractivity contribution >= 4 is 43.0 Å². The van der Waals surface area contributed by atoms with Crippen LogP contribution in [-0.4, -0.2) is 21.9 Å². The van der Waals surface area contributed by atoms with Gasteiger partial charge in [0.2, 0.25) is 0 Å². The molecule has 0 aromatic heterocycles. The Labute approximate surface area is 167 Å². The molecule has 147 valence electrons. The van der Waals surface area contributed by atoms with Crippen molar-refractivity contribution in [1.29, 1.82) is 0 Å². The zero-order chi connectivity index (χ0) is 20.8. The number of alkyl halides is 7. The van der Waals surface area contributed by atoms with Gasteiger partial charge in [-0.2, -0.15) is 22.0 Å². The summed E-state index contributed by atoms with van der Waals surface area (Å²) in [4.78, 5) is -1.02. The molecule has 0 aliphatic carbocycles. The quantitative estimate of drug-likeness (QED) is 0.310. The average Bonchev–Trinajstić information content (AvgIpc) is 2.53. The predicted molar refractivity (Wildman–Crippen MR) is 88.4 cm³/mol. The van der Waals surface area contributed by atoms with Gasteiger partial charge in [0, 0.05) is 21.1 Å². The second-order valence-electron chi connectivity index (χ2n) is 5.04. The van der Waals surface area contributed by atoms with E-state index in [-0.39, 0.29) is 14.5 Å². The van der Waals surface area contributed by atoms with E-state index in [1.54, 1.807) is 0 Å². The zero-order valence-corrected chi connectivity index (χ0v) is 16.5. The predicted octanol–water partition coefficient (Wildman–Crippen LogP) is 6.72. The first-order valence-corrected chi connectivity index (χ1v) is 9.35. The van der Waals surface area contributed by atoms with Gasteiger partial charge < -0.3 is 4.55 Å². The molecule has 0 saturated carbocycles. The number of benzene rings is 2. The van der Waals surface area contributed by atoms with Crippen LogP contribution >= 0.6 is 31.9 Å². The summed E-state index contributed by atoms with van der Waals surface area (Å²) in [5.74, 6) is -7.27. The minimum Gasteiger partial charge on any atom is -0.606 e. The summed E-state index contributed by atoms with van der Waals surface area (Å²) in [7, 11) is 0. The second-order valence-corrected chi connectivity index (χ2v) is 8.17. The molecule has 0 heterocycles. The third-order valence-corrected chi connectivity index (χ3v) is 5.71. The fraction of sp³-hybridized carbons (Fsp3) is 0.200. The smallest absolute Gasteiger partial charge is 0.486 e. The Morgan fingerprint density at radius 3 is 1.93 bits per heavy atom. The van der Waals surface area contributed by atoms with Crippen LogP contribution in [0.2, 0.25) is 0 Å². The van der Waals surface area contributed by atoms with Gasteiger partial charge in [-0.3, -0.25) is 0 Å².